The number of piperidine rings is 1. The van der Waals surface area contributed by atoms with E-state index in [0.29, 0.717) is 6.54 Å². The molecule has 1 atom stereocenters. The van der Waals surface area contributed by atoms with Crippen LogP contribution in [0.4, 0.5) is 4.79 Å². The Bertz CT molecular complexity index is 334. The highest BCUT2D eigenvalue weighted by atomic mass is 16.6. The summed E-state index contributed by atoms with van der Waals surface area (Å²) in [6.45, 7) is 11.0. The van der Waals surface area contributed by atoms with E-state index in [-0.39, 0.29) is 17.8 Å². The highest BCUT2D eigenvalue weighted by molar-refractivity contribution is 5.68. The second kappa shape index (κ2) is 5.29. The molecule has 0 spiro atoms. The van der Waals surface area contributed by atoms with E-state index in [4.69, 9.17) is 9.47 Å². The zero-order valence-electron chi connectivity index (χ0n) is 12.5. The van der Waals surface area contributed by atoms with E-state index in [0.717, 1.165) is 32.5 Å². The number of hydrogen-bond acceptors (Lipinski definition) is 4. The van der Waals surface area contributed by atoms with E-state index in [2.05, 4.69) is 12.2 Å². The molecular weight excluding hydrogens is 244 g/mol. The van der Waals surface area contributed by atoms with E-state index in [1.54, 1.807) is 4.90 Å². The number of nitrogens with zero attached hydrogens (tertiary/aromatic N) is 1. The summed E-state index contributed by atoms with van der Waals surface area (Å²) in [6, 6.07) is 0. The van der Waals surface area contributed by atoms with Crippen molar-refractivity contribution in [3.8, 4) is 0 Å². The first kappa shape index (κ1) is 14.6. The highest BCUT2D eigenvalue weighted by Crippen LogP contribution is 2.24. The molecule has 19 heavy (non-hydrogen) atoms. The van der Waals surface area contributed by atoms with Crippen LogP contribution < -0.4 is 5.32 Å². The van der Waals surface area contributed by atoms with Gasteiger partial charge in [-0.2, -0.15) is 0 Å². The van der Waals surface area contributed by atoms with E-state index >= 15 is 0 Å². The van der Waals surface area contributed by atoms with Gasteiger partial charge in [0.05, 0.1) is 18.2 Å². The second-order valence-corrected chi connectivity index (χ2v) is 6.86. The van der Waals surface area contributed by atoms with Crippen molar-refractivity contribution in [2.75, 3.05) is 26.2 Å². The standard InChI is InChI=1S/C14H26N2O3/c1-13(2,3)19-12(17)16-7-5-6-11(8-16)18-14(4)9-15-10-14/h11,15H,5-10H2,1-4H3. The van der Waals surface area contributed by atoms with Crippen molar-refractivity contribution in [2.24, 2.45) is 0 Å². The summed E-state index contributed by atoms with van der Waals surface area (Å²) >= 11 is 0. The summed E-state index contributed by atoms with van der Waals surface area (Å²) in [5, 5.41) is 3.23. The third-order valence-electron chi connectivity index (χ3n) is 3.48. The van der Waals surface area contributed by atoms with Crippen molar-refractivity contribution in [3.63, 3.8) is 0 Å². The molecule has 2 rings (SSSR count). The third-order valence-corrected chi connectivity index (χ3v) is 3.48. The quantitative estimate of drug-likeness (QED) is 0.831. The predicted octanol–water partition coefficient (Wildman–Crippen LogP) is 1.76. The normalized spacial score (nSPS) is 26.7. The number of likely N-dealkylation sites (tertiary alicyclic amines) is 1. The summed E-state index contributed by atoms with van der Waals surface area (Å²) in [4.78, 5) is 13.8. The summed E-state index contributed by atoms with van der Waals surface area (Å²) < 4.78 is 11.5. The SMILES string of the molecule is CC(C)(C)OC(=O)N1CCCC(OC2(C)CNC2)C1. The Labute approximate surface area is 115 Å². The van der Waals surface area contributed by atoms with Gasteiger partial charge in [-0.25, -0.2) is 4.79 Å². The van der Waals surface area contributed by atoms with E-state index in [9.17, 15) is 4.79 Å². The fraction of sp³-hybridized carbons (Fsp3) is 0.929. The lowest BCUT2D eigenvalue weighted by atomic mass is 9.98. The Hall–Kier alpha value is -0.810. The number of nitrogens with one attached hydrogen (secondary N) is 1. The van der Waals surface area contributed by atoms with Crippen LogP contribution in [0.5, 0.6) is 0 Å². The Kier molecular flexibility index (Phi) is 4.06. The van der Waals surface area contributed by atoms with Gasteiger partial charge in [0.1, 0.15) is 5.60 Å². The summed E-state index contributed by atoms with van der Waals surface area (Å²) in [7, 11) is 0. The summed E-state index contributed by atoms with van der Waals surface area (Å²) in [5.41, 5.74) is -0.490. The van der Waals surface area contributed by atoms with Gasteiger partial charge in [0.2, 0.25) is 0 Å². The lowest BCUT2D eigenvalue weighted by Crippen LogP contribution is -2.61. The lowest BCUT2D eigenvalue weighted by Gasteiger charge is -2.44. The van der Waals surface area contributed by atoms with Crippen LogP contribution in [0, 0.1) is 0 Å². The zero-order chi connectivity index (χ0) is 14.1. The topological polar surface area (TPSA) is 50.8 Å². The van der Waals surface area contributed by atoms with Crippen LogP contribution in [0.25, 0.3) is 0 Å². The molecule has 2 aliphatic rings. The van der Waals surface area contributed by atoms with Crippen LogP contribution in [0.3, 0.4) is 0 Å². The molecule has 0 aromatic carbocycles. The average molecular weight is 270 g/mol. The molecule has 1 amide bonds. The van der Waals surface area contributed by atoms with Crippen molar-refractivity contribution < 1.29 is 14.3 Å². The number of rotatable bonds is 2. The van der Waals surface area contributed by atoms with Gasteiger partial charge in [0.15, 0.2) is 0 Å². The Morgan fingerprint density at radius 3 is 2.58 bits per heavy atom. The van der Waals surface area contributed by atoms with Gasteiger partial charge in [-0.1, -0.05) is 0 Å². The monoisotopic (exact) mass is 270 g/mol. The van der Waals surface area contributed by atoms with Crippen LogP contribution >= 0.6 is 0 Å². The highest BCUT2D eigenvalue weighted by Gasteiger charge is 2.37. The Morgan fingerprint density at radius 2 is 2.05 bits per heavy atom. The molecule has 5 nitrogen and oxygen atoms in total. The molecule has 0 aromatic heterocycles. The fourth-order valence-electron chi connectivity index (χ4n) is 2.49. The van der Waals surface area contributed by atoms with Crippen LogP contribution in [-0.4, -0.2) is 54.5 Å². The van der Waals surface area contributed by atoms with Crippen molar-refractivity contribution in [3.05, 3.63) is 0 Å². The predicted molar refractivity (Wildman–Crippen MR) is 73.2 cm³/mol. The van der Waals surface area contributed by atoms with Gasteiger partial charge in [-0.3, -0.25) is 0 Å². The molecule has 0 radical (unpaired) electrons. The van der Waals surface area contributed by atoms with Gasteiger partial charge in [-0.15, -0.1) is 0 Å². The van der Waals surface area contributed by atoms with E-state index in [1.807, 2.05) is 20.8 Å². The minimum absolute atomic E-state index is 0.0540. The molecule has 2 heterocycles. The van der Waals surface area contributed by atoms with Crippen molar-refractivity contribution in [2.45, 2.75) is 57.8 Å². The largest absolute Gasteiger partial charge is 0.444 e. The fourth-order valence-corrected chi connectivity index (χ4v) is 2.49. The molecule has 0 bridgehead atoms. The second-order valence-electron chi connectivity index (χ2n) is 6.86. The molecule has 1 unspecified atom stereocenters. The maximum Gasteiger partial charge on any atom is 0.410 e. The van der Waals surface area contributed by atoms with Crippen molar-refractivity contribution >= 4 is 6.09 Å². The van der Waals surface area contributed by atoms with Crippen LogP contribution in [0.2, 0.25) is 0 Å². The Balaban J connectivity index is 1.84. The number of ether oxygens (including phenoxy) is 2. The van der Waals surface area contributed by atoms with Gasteiger partial charge in [0, 0.05) is 19.6 Å². The molecule has 1 N–H and O–H groups in total. The van der Waals surface area contributed by atoms with E-state index < -0.39 is 5.60 Å². The van der Waals surface area contributed by atoms with Crippen molar-refractivity contribution in [1.82, 2.24) is 10.2 Å². The third kappa shape index (κ3) is 4.08. The van der Waals surface area contributed by atoms with E-state index in [1.165, 1.54) is 0 Å². The summed E-state index contributed by atoms with van der Waals surface area (Å²) in [5.74, 6) is 0. The van der Waals surface area contributed by atoms with Crippen LogP contribution in [0.15, 0.2) is 0 Å². The molecule has 5 heteroatoms. The van der Waals surface area contributed by atoms with Gasteiger partial charge < -0.3 is 19.7 Å². The van der Waals surface area contributed by atoms with Crippen LogP contribution in [0.1, 0.15) is 40.5 Å². The number of carbonyl (C=O) groups is 1. The molecule has 110 valence electrons. The molecule has 0 aliphatic carbocycles. The molecule has 0 saturated carbocycles. The first-order valence-electron chi connectivity index (χ1n) is 7.14. The number of hydrogen-bond donors (Lipinski definition) is 1. The molecular formula is C14H26N2O3. The first-order chi connectivity index (χ1) is 8.77. The maximum absolute atomic E-state index is 12.0. The molecule has 2 aliphatic heterocycles. The molecule has 0 aromatic rings. The lowest BCUT2D eigenvalue weighted by molar-refractivity contribution is -0.128. The van der Waals surface area contributed by atoms with Crippen LogP contribution in [-0.2, 0) is 9.47 Å². The van der Waals surface area contributed by atoms with Crippen molar-refractivity contribution in [1.29, 1.82) is 0 Å². The van der Waals surface area contributed by atoms with Gasteiger partial charge >= 0.3 is 6.09 Å². The molecule has 2 fully saturated rings. The molecule has 2 saturated heterocycles. The zero-order valence-corrected chi connectivity index (χ0v) is 12.5. The maximum atomic E-state index is 12.0. The van der Waals surface area contributed by atoms with Gasteiger partial charge in [-0.05, 0) is 40.5 Å². The first-order valence-corrected chi connectivity index (χ1v) is 7.14. The minimum Gasteiger partial charge on any atom is -0.444 e. The minimum atomic E-state index is -0.436. The summed E-state index contributed by atoms with van der Waals surface area (Å²) in [6.07, 6.45) is 1.91. The van der Waals surface area contributed by atoms with Gasteiger partial charge in [0.25, 0.3) is 0 Å². The Morgan fingerprint density at radius 1 is 1.37 bits per heavy atom. The number of amides is 1. The average Bonchev–Trinajstić information content (AvgIpc) is 2.25. The smallest absolute Gasteiger partial charge is 0.410 e. The number of carbonyl (C=O) groups excluding carboxylic acids is 1.